The van der Waals surface area contributed by atoms with Crippen molar-refractivity contribution in [2.75, 3.05) is 39.6 Å². The Kier molecular flexibility index (Phi) is 18.2. The summed E-state index contributed by atoms with van der Waals surface area (Å²) >= 11 is 9.80. The molecule has 0 heterocycles. The molecule has 0 aliphatic rings. The van der Waals surface area contributed by atoms with Crippen molar-refractivity contribution < 1.29 is 31.4 Å². The molecule has 12 heteroatoms. The first-order chi connectivity index (χ1) is 14.7. The van der Waals surface area contributed by atoms with Gasteiger partial charge in [0.15, 0.2) is 0 Å². The lowest BCUT2D eigenvalue weighted by molar-refractivity contribution is 0.0703. The SMILES string of the molecule is CCO[Si](CCCC(CCC[Si](OCC)(OCC)OCC)P(O)(=S)S)(OCC)OCC. The van der Waals surface area contributed by atoms with Gasteiger partial charge >= 0.3 is 17.6 Å². The second-order valence-corrected chi connectivity index (χ2v) is 18.7. The maximum absolute atomic E-state index is 10.6. The Morgan fingerprint density at radius 1 is 0.677 bits per heavy atom. The van der Waals surface area contributed by atoms with Crippen molar-refractivity contribution in [3.8, 4) is 0 Å². The van der Waals surface area contributed by atoms with Crippen LogP contribution in [-0.4, -0.2) is 67.8 Å². The molecule has 0 aromatic rings. The van der Waals surface area contributed by atoms with Crippen molar-refractivity contribution in [1.29, 1.82) is 0 Å². The predicted molar refractivity (Wildman–Crippen MR) is 139 cm³/mol. The van der Waals surface area contributed by atoms with Crippen LogP contribution in [-0.2, 0) is 38.4 Å². The van der Waals surface area contributed by atoms with Gasteiger partial charge in [0.2, 0.25) is 0 Å². The minimum atomic E-state index is -2.72. The van der Waals surface area contributed by atoms with E-state index in [0.717, 1.165) is 25.7 Å². The van der Waals surface area contributed by atoms with E-state index in [2.05, 4.69) is 12.2 Å². The van der Waals surface area contributed by atoms with Crippen molar-refractivity contribution in [2.24, 2.45) is 0 Å². The molecule has 31 heavy (non-hydrogen) atoms. The van der Waals surface area contributed by atoms with E-state index in [1.807, 2.05) is 41.5 Å². The summed E-state index contributed by atoms with van der Waals surface area (Å²) in [4.78, 5) is 10.6. The van der Waals surface area contributed by atoms with Gasteiger partial charge in [0.25, 0.3) is 0 Å². The van der Waals surface area contributed by atoms with Crippen molar-refractivity contribution in [1.82, 2.24) is 0 Å². The Morgan fingerprint density at radius 3 is 1.13 bits per heavy atom. The van der Waals surface area contributed by atoms with Crippen molar-refractivity contribution in [3.63, 3.8) is 0 Å². The summed E-state index contributed by atoms with van der Waals surface area (Å²) in [7, 11) is -5.39. The van der Waals surface area contributed by atoms with E-state index in [0.29, 0.717) is 51.7 Å². The quantitative estimate of drug-likeness (QED) is 0.117. The third-order valence-corrected chi connectivity index (χ3v) is 14.3. The number of thiol groups is 1. The molecule has 0 fully saturated rings. The van der Waals surface area contributed by atoms with Crippen LogP contribution in [0.25, 0.3) is 0 Å². The van der Waals surface area contributed by atoms with Gasteiger partial charge in [-0.3, -0.25) is 0 Å². The van der Waals surface area contributed by atoms with Crippen LogP contribution in [0, 0.1) is 0 Å². The maximum Gasteiger partial charge on any atom is 0.500 e. The van der Waals surface area contributed by atoms with Crippen LogP contribution in [0.3, 0.4) is 0 Å². The highest BCUT2D eigenvalue weighted by Gasteiger charge is 2.41. The normalized spacial score (nSPS) is 14.9. The molecule has 0 aliphatic heterocycles. The molecule has 1 N–H and O–H groups in total. The third-order valence-electron chi connectivity index (χ3n) is 4.70. The van der Waals surface area contributed by atoms with Crippen LogP contribution in [0.4, 0.5) is 0 Å². The largest absolute Gasteiger partial charge is 0.500 e. The highest BCUT2D eigenvalue weighted by Crippen LogP contribution is 2.55. The molecule has 7 nitrogen and oxygen atoms in total. The molecule has 0 aromatic carbocycles. The zero-order chi connectivity index (χ0) is 23.8. The van der Waals surface area contributed by atoms with Gasteiger partial charge in [-0.05, 0) is 67.2 Å². The van der Waals surface area contributed by atoms with Gasteiger partial charge in [0.1, 0.15) is 5.47 Å². The lowest BCUT2D eigenvalue weighted by Crippen LogP contribution is -2.46. The first-order valence-corrected chi connectivity index (χ1v) is 19.4. The molecule has 0 aliphatic carbocycles. The van der Waals surface area contributed by atoms with E-state index in [9.17, 15) is 4.89 Å². The molecule has 0 rings (SSSR count). The maximum atomic E-state index is 10.6. The Bertz CT molecular complexity index is 434. The fourth-order valence-corrected chi connectivity index (χ4v) is 11.2. The minimum Gasteiger partial charge on any atom is -0.374 e. The molecule has 1 atom stereocenters. The zero-order valence-electron chi connectivity index (χ0n) is 20.3. The van der Waals surface area contributed by atoms with Crippen molar-refractivity contribution in [3.05, 3.63) is 0 Å². The van der Waals surface area contributed by atoms with E-state index >= 15 is 0 Å². The minimum absolute atomic E-state index is 0.0565. The molecule has 0 spiro atoms. The van der Waals surface area contributed by atoms with Gasteiger partial charge in [-0.2, -0.15) is 0 Å². The summed E-state index contributed by atoms with van der Waals surface area (Å²) in [6.07, 6.45) is 3.13. The molecular weight excluding hydrogens is 491 g/mol. The second-order valence-electron chi connectivity index (χ2n) is 6.99. The fourth-order valence-electron chi connectivity index (χ4n) is 3.59. The van der Waals surface area contributed by atoms with E-state index in [-0.39, 0.29) is 5.66 Å². The van der Waals surface area contributed by atoms with Gasteiger partial charge in [-0.25, -0.2) is 0 Å². The van der Waals surface area contributed by atoms with E-state index in [1.54, 1.807) is 0 Å². The zero-order valence-corrected chi connectivity index (χ0v) is 24.9. The summed E-state index contributed by atoms with van der Waals surface area (Å²) in [5, 5.41) is 0. The molecule has 0 saturated heterocycles. The molecule has 0 bridgehead atoms. The standard InChI is InChI=1S/C19H45O7PS2Si2/c1-7-21-30(22-8-2,23-9-3)17-13-15-19(27(20,28)29)16-14-18-31(24-10-4,25-11-5)26-12-6/h19H,7-18H2,1-6H3,(H2,20,28,29). The number of rotatable bonds is 21. The Hall–Kier alpha value is 1.15. The number of hydrogen-bond donors (Lipinski definition) is 2. The van der Waals surface area contributed by atoms with Crippen LogP contribution in [0.1, 0.15) is 67.2 Å². The Labute approximate surface area is 202 Å². The van der Waals surface area contributed by atoms with Gasteiger partial charge in [0.05, 0.1) is 0 Å². The summed E-state index contributed by atoms with van der Waals surface area (Å²) < 4.78 is 35.6. The summed E-state index contributed by atoms with van der Waals surface area (Å²) in [6, 6.07) is 1.41. The topological polar surface area (TPSA) is 75.6 Å². The lowest BCUT2D eigenvalue weighted by Gasteiger charge is -2.30. The van der Waals surface area contributed by atoms with E-state index in [1.165, 1.54) is 0 Å². The summed E-state index contributed by atoms with van der Waals surface area (Å²) in [5.41, 5.74) is -2.77. The third kappa shape index (κ3) is 13.0. The average Bonchev–Trinajstić information content (AvgIpc) is 2.67. The molecule has 0 amide bonds. The van der Waals surface area contributed by atoms with Crippen LogP contribution >= 0.6 is 17.7 Å². The first-order valence-electron chi connectivity index (χ1n) is 11.6. The van der Waals surface area contributed by atoms with Gasteiger partial charge < -0.3 is 31.4 Å². The highest BCUT2D eigenvalue weighted by atomic mass is 32.9. The predicted octanol–water partition coefficient (Wildman–Crippen LogP) is 5.24. The van der Waals surface area contributed by atoms with E-state index in [4.69, 9.17) is 38.4 Å². The fraction of sp³-hybridized carbons (Fsp3) is 1.00. The molecule has 0 aromatic heterocycles. The molecular formula is C19H45O7PS2Si2. The lowest BCUT2D eigenvalue weighted by atomic mass is 10.1. The monoisotopic (exact) mass is 536 g/mol. The molecule has 0 radical (unpaired) electrons. The van der Waals surface area contributed by atoms with E-state index < -0.39 is 23.1 Å². The van der Waals surface area contributed by atoms with Crippen LogP contribution < -0.4 is 0 Å². The summed E-state index contributed by atoms with van der Waals surface area (Å²) in [6.45, 7) is 15.0. The average molecular weight is 537 g/mol. The van der Waals surface area contributed by atoms with Gasteiger partial charge in [-0.15, -0.1) is 12.2 Å². The van der Waals surface area contributed by atoms with Crippen LogP contribution in [0.5, 0.6) is 0 Å². The van der Waals surface area contributed by atoms with Crippen LogP contribution in [0.2, 0.25) is 12.1 Å². The van der Waals surface area contributed by atoms with Gasteiger partial charge in [-0.1, -0.05) is 11.8 Å². The molecule has 188 valence electrons. The Morgan fingerprint density at radius 2 is 0.935 bits per heavy atom. The highest BCUT2D eigenvalue weighted by molar-refractivity contribution is 8.61. The van der Waals surface area contributed by atoms with Crippen LogP contribution in [0.15, 0.2) is 0 Å². The van der Waals surface area contributed by atoms with Crippen molar-refractivity contribution in [2.45, 2.75) is 85.0 Å². The molecule has 1 unspecified atom stereocenters. The second kappa shape index (κ2) is 17.6. The summed E-state index contributed by atoms with van der Waals surface area (Å²) in [5.74, 6) is 0. The number of hydrogen-bond acceptors (Lipinski definition) is 7. The first kappa shape index (κ1) is 32.2. The molecule has 0 saturated carbocycles. The van der Waals surface area contributed by atoms with Gasteiger partial charge in [0, 0.05) is 57.4 Å². The van der Waals surface area contributed by atoms with Crippen molar-refractivity contribution >= 4 is 47.1 Å². The Balaban J connectivity index is 5.03. The smallest absolute Gasteiger partial charge is 0.374 e.